The van der Waals surface area contributed by atoms with Gasteiger partial charge in [0.1, 0.15) is 0 Å². The van der Waals surface area contributed by atoms with Crippen LogP contribution in [0.1, 0.15) is 27.2 Å². The normalized spacial score (nSPS) is 10.7. The van der Waals surface area contributed by atoms with E-state index in [0.717, 1.165) is 25.2 Å². The first-order valence-corrected chi connectivity index (χ1v) is 5.58. The summed E-state index contributed by atoms with van der Waals surface area (Å²) in [5.74, 6) is 0.608. The molecule has 3 heteroatoms. The SMILES string of the molecule is CCCn1cc(NCC(C)C)ccc1=O. The van der Waals surface area contributed by atoms with Crippen molar-refractivity contribution in [3.63, 3.8) is 0 Å². The zero-order valence-electron chi connectivity index (χ0n) is 9.79. The largest absolute Gasteiger partial charge is 0.384 e. The fourth-order valence-electron chi connectivity index (χ4n) is 1.37. The van der Waals surface area contributed by atoms with Crippen LogP contribution in [0.15, 0.2) is 23.1 Å². The van der Waals surface area contributed by atoms with E-state index in [9.17, 15) is 4.79 Å². The van der Waals surface area contributed by atoms with Gasteiger partial charge in [0.05, 0.1) is 5.69 Å². The van der Waals surface area contributed by atoms with Gasteiger partial charge in [0.15, 0.2) is 0 Å². The number of nitrogens with one attached hydrogen (secondary N) is 1. The second-order valence-electron chi connectivity index (χ2n) is 4.22. The van der Waals surface area contributed by atoms with Crippen LogP contribution >= 0.6 is 0 Å². The monoisotopic (exact) mass is 208 g/mol. The Bertz CT molecular complexity index is 355. The highest BCUT2D eigenvalue weighted by atomic mass is 16.1. The van der Waals surface area contributed by atoms with E-state index in [4.69, 9.17) is 0 Å². The third-order valence-corrected chi connectivity index (χ3v) is 2.16. The molecule has 0 spiro atoms. The molecule has 15 heavy (non-hydrogen) atoms. The van der Waals surface area contributed by atoms with Gasteiger partial charge in [0.2, 0.25) is 0 Å². The van der Waals surface area contributed by atoms with Crippen LogP contribution < -0.4 is 10.9 Å². The van der Waals surface area contributed by atoms with E-state index in [1.807, 2.05) is 12.3 Å². The number of rotatable bonds is 5. The second kappa shape index (κ2) is 5.59. The molecule has 0 fully saturated rings. The Balaban J connectivity index is 2.73. The molecule has 0 atom stereocenters. The number of aryl methyl sites for hydroxylation is 1. The molecule has 1 rings (SSSR count). The van der Waals surface area contributed by atoms with Crippen molar-refractivity contribution >= 4 is 5.69 Å². The van der Waals surface area contributed by atoms with Crippen molar-refractivity contribution in [2.24, 2.45) is 5.92 Å². The van der Waals surface area contributed by atoms with Crippen LogP contribution in [0.2, 0.25) is 0 Å². The summed E-state index contributed by atoms with van der Waals surface area (Å²) in [6.45, 7) is 8.12. The van der Waals surface area contributed by atoms with Crippen LogP contribution in [0.5, 0.6) is 0 Å². The predicted octanol–water partition coefficient (Wildman–Crippen LogP) is 2.33. The minimum absolute atomic E-state index is 0.0759. The van der Waals surface area contributed by atoms with E-state index in [2.05, 4.69) is 26.1 Å². The van der Waals surface area contributed by atoms with Crippen LogP contribution in [-0.2, 0) is 6.54 Å². The van der Waals surface area contributed by atoms with Crippen LogP contribution in [0, 0.1) is 5.92 Å². The highest BCUT2D eigenvalue weighted by Crippen LogP contribution is 2.05. The highest BCUT2D eigenvalue weighted by molar-refractivity contribution is 5.40. The second-order valence-corrected chi connectivity index (χ2v) is 4.22. The maximum Gasteiger partial charge on any atom is 0.250 e. The predicted molar refractivity (Wildman–Crippen MR) is 64.3 cm³/mol. The molecule has 0 saturated carbocycles. The van der Waals surface area contributed by atoms with Crippen LogP contribution in [0.4, 0.5) is 5.69 Å². The lowest BCUT2D eigenvalue weighted by Crippen LogP contribution is -2.19. The van der Waals surface area contributed by atoms with Gasteiger partial charge < -0.3 is 9.88 Å². The highest BCUT2D eigenvalue weighted by Gasteiger charge is 1.98. The molecular formula is C12H20N2O. The fraction of sp³-hybridized carbons (Fsp3) is 0.583. The Morgan fingerprint density at radius 1 is 1.40 bits per heavy atom. The van der Waals surface area contributed by atoms with Gasteiger partial charge in [-0.25, -0.2) is 0 Å². The summed E-state index contributed by atoms with van der Waals surface area (Å²) in [5.41, 5.74) is 1.10. The molecule has 3 nitrogen and oxygen atoms in total. The molecule has 0 aromatic carbocycles. The zero-order chi connectivity index (χ0) is 11.3. The summed E-state index contributed by atoms with van der Waals surface area (Å²) >= 11 is 0. The molecule has 1 aromatic heterocycles. The van der Waals surface area contributed by atoms with E-state index in [1.54, 1.807) is 10.6 Å². The van der Waals surface area contributed by atoms with Crippen molar-refractivity contribution in [1.82, 2.24) is 4.57 Å². The molecule has 84 valence electrons. The maximum atomic E-state index is 11.4. The first kappa shape index (κ1) is 11.8. The van der Waals surface area contributed by atoms with Crippen LogP contribution in [0.25, 0.3) is 0 Å². The Morgan fingerprint density at radius 3 is 2.73 bits per heavy atom. The first-order valence-electron chi connectivity index (χ1n) is 5.58. The van der Waals surface area contributed by atoms with Gasteiger partial charge in [0, 0.05) is 25.4 Å². The molecule has 0 aliphatic carbocycles. The maximum absolute atomic E-state index is 11.4. The average molecular weight is 208 g/mol. The summed E-state index contributed by atoms with van der Waals surface area (Å²) in [6, 6.07) is 3.47. The summed E-state index contributed by atoms with van der Waals surface area (Å²) in [5, 5.41) is 3.31. The van der Waals surface area contributed by atoms with Crippen molar-refractivity contribution in [2.75, 3.05) is 11.9 Å². The standard InChI is InChI=1S/C12H20N2O/c1-4-7-14-9-11(5-6-12(14)15)13-8-10(2)3/h5-6,9-10,13H,4,7-8H2,1-3H3. The Morgan fingerprint density at radius 2 is 2.13 bits per heavy atom. The van der Waals surface area contributed by atoms with Crippen molar-refractivity contribution in [2.45, 2.75) is 33.7 Å². The molecular weight excluding hydrogens is 188 g/mol. The van der Waals surface area contributed by atoms with Gasteiger partial charge in [-0.05, 0) is 18.4 Å². The number of hydrogen-bond donors (Lipinski definition) is 1. The molecule has 0 radical (unpaired) electrons. The van der Waals surface area contributed by atoms with E-state index in [1.165, 1.54) is 0 Å². The van der Waals surface area contributed by atoms with E-state index < -0.39 is 0 Å². The van der Waals surface area contributed by atoms with E-state index in [0.29, 0.717) is 5.92 Å². The van der Waals surface area contributed by atoms with Gasteiger partial charge in [-0.1, -0.05) is 20.8 Å². The fourth-order valence-corrected chi connectivity index (χ4v) is 1.37. The minimum atomic E-state index is 0.0759. The van der Waals surface area contributed by atoms with Crippen molar-refractivity contribution in [3.8, 4) is 0 Å². The lowest BCUT2D eigenvalue weighted by atomic mass is 10.2. The zero-order valence-corrected chi connectivity index (χ0v) is 9.79. The number of anilines is 1. The van der Waals surface area contributed by atoms with Crippen molar-refractivity contribution in [1.29, 1.82) is 0 Å². The molecule has 0 bridgehead atoms. The summed E-state index contributed by atoms with van der Waals surface area (Å²) in [4.78, 5) is 11.4. The third kappa shape index (κ3) is 3.78. The Labute approximate surface area is 91.1 Å². The summed E-state index contributed by atoms with van der Waals surface area (Å²) < 4.78 is 1.75. The third-order valence-electron chi connectivity index (χ3n) is 2.16. The lowest BCUT2D eigenvalue weighted by Gasteiger charge is -2.11. The number of hydrogen-bond acceptors (Lipinski definition) is 2. The first-order chi connectivity index (χ1) is 7.13. The van der Waals surface area contributed by atoms with Gasteiger partial charge >= 0.3 is 0 Å². The smallest absolute Gasteiger partial charge is 0.250 e. The Hall–Kier alpha value is -1.25. The summed E-state index contributed by atoms with van der Waals surface area (Å²) in [6.07, 6.45) is 2.88. The van der Waals surface area contributed by atoms with Crippen LogP contribution in [-0.4, -0.2) is 11.1 Å². The minimum Gasteiger partial charge on any atom is -0.384 e. The number of aromatic nitrogens is 1. The van der Waals surface area contributed by atoms with Crippen LogP contribution in [0.3, 0.4) is 0 Å². The molecule has 0 unspecified atom stereocenters. The number of nitrogens with zero attached hydrogens (tertiary/aromatic N) is 1. The molecule has 0 aliphatic heterocycles. The van der Waals surface area contributed by atoms with Gasteiger partial charge in [0.25, 0.3) is 5.56 Å². The van der Waals surface area contributed by atoms with Crippen molar-refractivity contribution in [3.05, 3.63) is 28.7 Å². The average Bonchev–Trinajstić information content (AvgIpc) is 2.19. The van der Waals surface area contributed by atoms with Gasteiger partial charge in [-0.2, -0.15) is 0 Å². The van der Waals surface area contributed by atoms with E-state index in [-0.39, 0.29) is 5.56 Å². The number of pyridine rings is 1. The Kier molecular flexibility index (Phi) is 4.40. The molecule has 0 amide bonds. The summed E-state index contributed by atoms with van der Waals surface area (Å²) in [7, 11) is 0. The van der Waals surface area contributed by atoms with Gasteiger partial charge in [-0.3, -0.25) is 4.79 Å². The molecule has 0 aliphatic rings. The van der Waals surface area contributed by atoms with E-state index >= 15 is 0 Å². The molecule has 1 heterocycles. The lowest BCUT2D eigenvalue weighted by molar-refractivity contribution is 0.651. The van der Waals surface area contributed by atoms with Crippen molar-refractivity contribution < 1.29 is 0 Å². The molecule has 0 saturated heterocycles. The quantitative estimate of drug-likeness (QED) is 0.805. The topological polar surface area (TPSA) is 34.0 Å². The van der Waals surface area contributed by atoms with Gasteiger partial charge in [-0.15, -0.1) is 0 Å². The molecule has 1 aromatic rings. The molecule has 1 N–H and O–H groups in total.